The van der Waals surface area contributed by atoms with Crippen molar-refractivity contribution >= 4 is 17.6 Å². The van der Waals surface area contributed by atoms with Crippen LogP contribution in [-0.4, -0.2) is 31.7 Å². The maximum atomic E-state index is 12.0. The van der Waals surface area contributed by atoms with Gasteiger partial charge in [0.2, 0.25) is 0 Å². The zero-order valence-electron chi connectivity index (χ0n) is 13.9. The highest BCUT2D eigenvalue weighted by molar-refractivity contribution is 5.95. The van der Waals surface area contributed by atoms with Crippen LogP contribution in [0.3, 0.4) is 0 Å². The van der Waals surface area contributed by atoms with Gasteiger partial charge in [-0.15, -0.1) is 0 Å². The van der Waals surface area contributed by atoms with Crippen LogP contribution in [0, 0.1) is 6.92 Å². The Morgan fingerprint density at radius 1 is 1.08 bits per heavy atom. The second-order valence-corrected chi connectivity index (χ2v) is 5.71. The first kappa shape index (κ1) is 16.8. The summed E-state index contributed by atoms with van der Waals surface area (Å²) in [5.74, 6) is 0.293. The highest BCUT2D eigenvalue weighted by Crippen LogP contribution is 2.32. The molecule has 0 radical (unpaired) electrons. The Morgan fingerprint density at radius 3 is 2.68 bits per heavy atom. The molecule has 3 rings (SSSR count). The van der Waals surface area contributed by atoms with Gasteiger partial charge in [-0.25, -0.2) is 4.79 Å². The van der Waals surface area contributed by atoms with Gasteiger partial charge in [0.15, 0.2) is 18.1 Å². The van der Waals surface area contributed by atoms with Crippen molar-refractivity contribution in [1.29, 1.82) is 0 Å². The lowest BCUT2D eigenvalue weighted by Gasteiger charge is -2.10. The van der Waals surface area contributed by atoms with Gasteiger partial charge in [-0.2, -0.15) is 0 Å². The summed E-state index contributed by atoms with van der Waals surface area (Å²) in [7, 11) is 0. The van der Waals surface area contributed by atoms with Gasteiger partial charge in [0, 0.05) is 18.2 Å². The average molecular weight is 341 g/mol. The first-order valence-electron chi connectivity index (χ1n) is 8.05. The minimum absolute atomic E-state index is 0.360. The Kier molecular flexibility index (Phi) is 5.18. The van der Waals surface area contributed by atoms with Crippen LogP contribution >= 0.6 is 0 Å². The smallest absolute Gasteiger partial charge is 0.338 e. The van der Waals surface area contributed by atoms with E-state index in [0.717, 1.165) is 12.0 Å². The Balaban J connectivity index is 1.56. The van der Waals surface area contributed by atoms with Crippen LogP contribution in [-0.2, 0) is 9.53 Å². The molecule has 1 amide bonds. The van der Waals surface area contributed by atoms with Crippen molar-refractivity contribution in [3.8, 4) is 11.5 Å². The number of rotatable bonds is 4. The highest BCUT2D eigenvalue weighted by atomic mass is 16.5. The average Bonchev–Trinajstić information content (AvgIpc) is 2.84. The van der Waals surface area contributed by atoms with E-state index < -0.39 is 11.9 Å². The highest BCUT2D eigenvalue weighted by Gasteiger charge is 2.13. The molecule has 0 bridgehead atoms. The van der Waals surface area contributed by atoms with Gasteiger partial charge < -0.3 is 19.5 Å². The van der Waals surface area contributed by atoms with E-state index in [0.29, 0.717) is 36.0 Å². The summed E-state index contributed by atoms with van der Waals surface area (Å²) in [5.41, 5.74) is 1.93. The van der Waals surface area contributed by atoms with Gasteiger partial charge in [-0.05, 0) is 31.2 Å². The summed E-state index contributed by atoms with van der Waals surface area (Å²) < 4.78 is 16.2. The van der Waals surface area contributed by atoms with Crippen LogP contribution in [0.5, 0.6) is 11.5 Å². The van der Waals surface area contributed by atoms with Crippen LogP contribution < -0.4 is 14.8 Å². The number of benzene rings is 2. The van der Waals surface area contributed by atoms with E-state index in [9.17, 15) is 9.59 Å². The van der Waals surface area contributed by atoms with E-state index in [1.807, 2.05) is 13.0 Å². The molecule has 6 nitrogen and oxygen atoms in total. The number of carbonyl (C=O) groups excluding carboxylic acids is 2. The molecule has 0 spiro atoms. The molecule has 2 aromatic carbocycles. The summed E-state index contributed by atoms with van der Waals surface area (Å²) in [6, 6.07) is 12.2. The van der Waals surface area contributed by atoms with E-state index in [-0.39, 0.29) is 6.61 Å². The summed E-state index contributed by atoms with van der Waals surface area (Å²) in [6.45, 7) is 2.70. The van der Waals surface area contributed by atoms with E-state index >= 15 is 0 Å². The molecule has 0 saturated heterocycles. The molecule has 0 fully saturated rings. The molecule has 1 aliphatic heterocycles. The molecule has 0 atom stereocenters. The predicted octanol–water partition coefficient (Wildman–Crippen LogP) is 2.95. The Morgan fingerprint density at radius 2 is 1.88 bits per heavy atom. The number of aryl methyl sites for hydroxylation is 1. The van der Waals surface area contributed by atoms with Crippen molar-refractivity contribution in [2.24, 2.45) is 0 Å². The van der Waals surface area contributed by atoms with E-state index in [2.05, 4.69) is 5.32 Å². The number of carbonyl (C=O) groups is 2. The number of ether oxygens (including phenoxy) is 3. The molecule has 6 heteroatoms. The maximum absolute atomic E-state index is 12.0. The van der Waals surface area contributed by atoms with Crippen molar-refractivity contribution in [3.05, 3.63) is 53.6 Å². The minimum Gasteiger partial charge on any atom is -0.490 e. The number of fused-ring (bicyclic) bond motifs is 1. The third kappa shape index (κ3) is 4.50. The number of hydrogen-bond acceptors (Lipinski definition) is 5. The summed E-state index contributed by atoms with van der Waals surface area (Å²) in [5, 5.41) is 2.68. The number of anilines is 1. The second-order valence-electron chi connectivity index (χ2n) is 5.71. The molecule has 1 heterocycles. The minimum atomic E-state index is -0.530. The molecular weight excluding hydrogens is 322 g/mol. The van der Waals surface area contributed by atoms with Crippen molar-refractivity contribution in [3.63, 3.8) is 0 Å². The molecule has 130 valence electrons. The van der Waals surface area contributed by atoms with Crippen molar-refractivity contribution < 1.29 is 23.8 Å². The monoisotopic (exact) mass is 341 g/mol. The van der Waals surface area contributed by atoms with Crippen LogP contribution in [0.15, 0.2) is 42.5 Å². The van der Waals surface area contributed by atoms with Crippen molar-refractivity contribution in [1.82, 2.24) is 0 Å². The lowest BCUT2D eigenvalue weighted by molar-refractivity contribution is -0.119. The van der Waals surface area contributed by atoms with Crippen LogP contribution in [0.4, 0.5) is 5.69 Å². The van der Waals surface area contributed by atoms with Crippen LogP contribution in [0.2, 0.25) is 0 Å². The van der Waals surface area contributed by atoms with E-state index in [1.165, 1.54) is 0 Å². The first-order chi connectivity index (χ1) is 12.1. The number of hydrogen-bond donors (Lipinski definition) is 1. The molecule has 2 aromatic rings. The van der Waals surface area contributed by atoms with Gasteiger partial charge in [0.25, 0.3) is 5.91 Å². The lowest BCUT2D eigenvalue weighted by atomic mass is 10.1. The number of esters is 1. The van der Waals surface area contributed by atoms with E-state index in [1.54, 1.807) is 36.4 Å². The molecular formula is C19H19NO5. The zero-order chi connectivity index (χ0) is 17.6. The Labute approximate surface area is 145 Å². The first-order valence-corrected chi connectivity index (χ1v) is 8.05. The molecule has 0 unspecified atom stereocenters. The summed E-state index contributed by atoms with van der Waals surface area (Å²) in [4.78, 5) is 23.9. The third-order valence-corrected chi connectivity index (χ3v) is 3.62. The lowest BCUT2D eigenvalue weighted by Crippen LogP contribution is -2.21. The normalized spacial score (nSPS) is 12.8. The maximum Gasteiger partial charge on any atom is 0.338 e. The molecule has 1 aliphatic rings. The quantitative estimate of drug-likeness (QED) is 0.866. The van der Waals surface area contributed by atoms with Gasteiger partial charge >= 0.3 is 5.97 Å². The van der Waals surface area contributed by atoms with Gasteiger partial charge in [-0.3, -0.25) is 4.79 Å². The summed E-state index contributed by atoms with van der Waals surface area (Å²) >= 11 is 0. The number of nitrogens with one attached hydrogen (secondary N) is 1. The molecule has 0 saturated carbocycles. The van der Waals surface area contributed by atoms with Crippen molar-refractivity contribution in [2.75, 3.05) is 25.1 Å². The van der Waals surface area contributed by atoms with Gasteiger partial charge in [0.05, 0.1) is 18.8 Å². The largest absolute Gasteiger partial charge is 0.490 e. The molecule has 0 aliphatic carbocycles. The standard InChI is InChI=1S/C19H19NO5/c1-13-4-2-5-14(10-13)19(22)25-12-18(21)20-15-6-7-16-17(11-15)24-9-3-8-23-16/h2,4-7,10-11H,3,8-9,12H2,1H3,(H,20,21). The van der Waals surface area contributed by atoms with Gasteiger partial charge in [0.1, 0.15) is 0 Å². The van der Waals surface area contributed by atoms with Gasteiger partial charge in [-0.1, -0.05) is 17.7 Å². The fourth-order valence-corrected chi connectivity index (χ4v) is 2.42. The third-order valence-electron chi connectivity index (χ3n) is 3.62. The SMILES string of the molecule is Cc1cccc(C(=O)OCC(=O)Nc2ccc3c(c2)OCCCO3)c1. The second kappa shape index (κ2) is 7.70. The topological polar surface area (TPSA) is 73.9 Å². The summed E-state index contributed by atoms with van der Waals surface area (Å²) in [6.07, 6.45) is 0.811. The fourth-order valence-electron chi connectivity index (χ4n) is 2.42. The van der Waals surface area contributed by atoms with Crippen LogP contribution in [0.1, 0.15) is 22.3 Å². The molecule has 1 N–H and O–H groups in total. The van der Waals surface area contributed by atoms with E-state index in [4.69, 9.17) is 14.2 Å². The Bertz CT molecular complexity index is 787. The number of amides is 1. The molecule has 0 aromatic heterocycles. The molecule has 25 heavy (non-hydrogen) atoms. The fraction of sp³-hybridized carbons (Fsp3) is 0.263. The van der Waals surface area contributed by atoms with Crippen molar-refractivity contribution in [2.45, 2.75) is 13.3 Å². The van der Waals surface area contributed by atoms with Crippen LogP contribution in [0.25, 0.3) is 0 Å². The Hall–Kier alpha value is -3.02. The predicted molar refractivity (Wildman–Crippen MR) is 92.1 cm³/mol. The zero-order valence-corrected chi connectivity index (χ0v) is 13.9.